The van der Waals surface area contributed by atoms with Crippen LogP contribution in [-0.2, 0) is 4.74 Å². The maximum absolute atomic E-state index is 5.71. The summed E-state index contributed by atoms with van der Waals surface area (Å²) in [5.74, 6) is 1.52. The Bertz CT molecular complexity index is 697. The smallest absolute Gasteiger partial charge is 0.225 e. The second kappa shape index (κ2) is 8.45. The number of nitrogens with one attached hydrogen (secondary N) is 2. The summed E-state index contributed by atoms with van der Waals surface area (Å²) in [7, 11) is 0. The van der Waals surface area contributed by atoms with E-state index in [4.69, 9.17) is 14.7 Å². The van der Waals surface area contributed by atoms with Crippen LogP contribution in [0.5, 0.6) is 0 Å². The average molecular weight is 353 g/mol. The lowest BCUT2D eigenvalue weighted by molar-refractivity contribution is 0.120. The molecule has 1 atom stereocenters. The van der Waals surface area contributed by atoms with Crippen LogP contribution in [0.3, 0.4) is 0 Å². The maximum Gasteiger partial charge on any atom is 0.225 e. The van der Waals surface area contributed by atoms with Gasteiger partial charge >= 0.3 is 0 Å². The molecule has 138 valence electrons. The Morgan fingerprint density at radius 1 is 1.00 bits per heavy atom. The monoisotopic (exact) mass is 353 g/mol. The maximum atomic E-state index is 5.71. The number of hydrogen-bond acceptors (Lipinski definition) is 6. The highest BCUT2D eigenvalue weighted by Gasteiger charge is 2.18. The van der Waals surface area contributed by atoms with Crippen molar-refractivity contribution in [2.24, 2.45) is 0 Å². The van der Waals surface area contributed by atoms with Gasteiger partial charge in [0, 0.05) is 31.5 Å². The van der Waals surface area contributed by atoms with E-state index in [2.05, 4.69) is 15.6 Å². The van der Waals surface area contributed by atoms with Crippen LogP contribution in [0.1, 0.15) is 44.9 Å². The van der Waals surface area contributed by atoms with E-state index < -0.39 is 0 Å². The van der Waals surface area contributed by atoms with Gasteiger partial charge in [-0.25, -0.2) is 4.98 Å². The molecule has 1 aliphatic carbocycles. The first-order valence-corrected chi connectivity index (χ1v) is 9.79. The number of ether oxygens (including phenoxy) is 1. The second-order valence-corrected chi connectivity index (χ2v) is 7.17. The third-order valence-corrected chi connectivity index (χ3v) is 5.13. The summed E-state index contributed by atoms with van der Waals surface area (Å²) >= 11 is 0. The largest absolute Gasteiger partial charge is 0.376 e. The molecule has 2 aromatic rings. The van der Waals surface area contributed by atoms with E-state index in [1.165, 1.54) is 32.1 Å². The lowest BCUT2D eigenvalue weighted by atomic mass is 9.96. The molecule has 1 saturated carbocycles. The summed E-state index contributed by atoms with van der Waals surface area (Å²) in [5, 5.41) is 6.97. The lowest BCUT2D eigenvalue weighted by Gasteiger charge is -2.23. The summed E-state index contributed by atoms with van der Waals surface area (Å²) in [6.45, 7) is 1.64. The summed E-state index contributed by atoms with van der Waals surface area (Å²) in [4.78, 5) is 13.9. The van der Waals surface area contributed by atoms with Gasteiger partial charge in [-0.1, -0.05) is 25.3 Å². The Morgan fingerprint density at radius 2 is 1.92 bits per heavy atom. The van der Waals surface area contributed by atoms with Gasteiger partial charge in [-0.15, -0.1) is 0 Å². The minimum absolute atomic E-state index is 0.276. The number of pyridine rings is 1. The predicted octanol–water partition coefficient (Wildman–Crippen LogP) is 3.87. The van der Waals surface area contributed by atoms with Crippen molar-refractivity contribution in [3.63, 3.8) is 0 Å². The number of hydrogen-bond donors (Lipinski definition) is 2. The second-order valence-electron chi connectivity index (χ2n) is 7.17. The van der Waals surface area contributed by atoms with E-state index in [1.807, 2.05) is 24.3 Å². The van der Waals surface area contributed by atoms with Crippen molar-refractivity contribution in [3.8, 4) is 11.4 Å². The van der Waals surface area contributed by atoms with Gasteiger partial charge in [0.25, 0.3) is 0 Å². The van der Waals surface area contributed by atoms with Gasteiger partial charge in [-0.2, -0.15) is 4.98 Å². The summed E-state index contributed by atoms with van der Waals surface area (Å²) in [6.07, 6.45) is 10.6. The zero-order chi connectivity index (χ0) is 17.6. The van der Waals surface area contributed by atoms with Crippen LogP contribution >= 0.6 is 0 Å². The molecule has 0 spiro atoms. The van der Waals surface area contributed by atoms with Crippen molar-refractivity contribution in [2.45, 2.75) is 57.1 Å². The molecule has 0 amide bonds. The molecule has 0 aromatic carbocycles. The van der Waals surface area contributed by atoms with Gasteiger partial charge < -0.3 is 15.4 Å². The van der Waals surface area contributed by atoms with Gasteiger partial charge in [-0.3, -0.25) is 4.98 Å². The van der Waals surface area contributed by atoms with Crippen LogP contribution in [0.2, 0.25) is 0 Å². The highest BCUT2D eigenvalue weighted by Crippen LogP contribution is 2.24. The molecule has 4 rings (SSSR count). The average Bonchev–Trinajstić information content (AvgIpc) is 3.21. The molecule has 6 nitrogen and oxygen atoms in total. The van der Waals surface area contributed by atoms with Crippen LogP contribution in [0.25, 0.3) is 11.4 Å². The van der Waals surface area contributed by atoms with Crippen molar-refractivity contribution in [2.75, 3.05) is 23.8 Å². The SMILES string of the molecule is c1ccc(-c2cc(NC[C@@H]3CCCO3)nc(NC3CCCCC3)n2)nc1. The lowest BCUT2D eigenvalue weighted by Crippen LogP contribution is -2.24. The molecule has 0 bridgehead atoms. The van der Waals surface area contributed by atoms with E-state index in [-0.39, 0.29) is 6.10 Å². The minimum atomic E-state index is 0.276. The van der Waals surface area contributed by atoms with Crippen LogP contribution in [0.4, 0.5) is 11.8 Å². The number of aromatic nitrogens is 3. The van der Waals surface area contributed by atoms with Gasteiger partial charge in [0.2, 0.25) is 5.95 Å². The van der Waals surface area contributed by atoms with E-state index in [1.54, 1.807) is 6.20 Å². The molecule has 2 aromatic heterocycles. The van der Waals surface area contributed by atoms with Crippen molar-refractivity contribution >= 4 is 11.8 Å². The first-order chi connectivity index (χ1) is 12.9. The molecular formula is C20H27N5O. The third kappa shape index (κ3) is 4.49. The number of nitrogens with zero attached hydrogens (tertiary/aromatic N) is 3. The molecule has 1 saturated heterocycles. The third-order valence-electron chi connectivity index (χ3n) is 5.13. The Morgan fingerprint density at radius 3 is 2.69 bits per heavy atom. The van der Waals surface area contributed by atoms with Crippen LogP contribution in [-0.4, -0.2) is 40.2 Å². The van der Waals surface area contributed by atoms with E-state index >= 15 is 0 Å². The Kier molecular flexibility index (Phi) is 5.59. The standard InChI is InChI=1S/C20H27N5O/c1-2-7-15(8-3-1)23-20-24-18(17-10-4-5-11-21-17)13-19(25-20)22-14-16-9-6-12-26-16/h4-5,10-11,13,15-16H,1-3,6-9,12,14H2,(H2,22,23,24,25)/t16-/m0/s1. The van der Waals surface area contributed by atoms with Gasteiger partial charge in [0.15, 0.2) is 0 Å². The predicted molar refractivity (Wildman–Crippen MR) is 103 cm³/mol. The highest BCUT2D eigenvalue weighted by atomic mass is 16.5. The normalized spacial score (nSPS) is 20.8. The molecule has 0 unspecified atom stereocenters. The van der Waals surface area contributed by atoms with Crippen molar-refractivity contribution < 1.29 is 4.74 Å². The molecule has 0 radical (unpaired) electrons. The van der Waals surface area contributed by atoms with Crippen molar-refractivity contribution in [3.05, 3.63) is 30.5 Å². The molecule has 2 aliphatic rings. The molecule has 3 heterocycles. The molecule has 2 N–H and O–H groups in total. The number of rotatable bonds is 6. The highest BCUT2D eigenvalue weighted by molar-refractivity contribution is 5.61. The Hall–Kier alpha value is -2.21. The summed E-state index contributed by atoms with van der Waals surface area (Å²) in [6, 6.07) is 8.33. The molecule has 2 fully saturated rings. The zero-order valence-electron chi connectivity index (χ0n) is 15.2. The quantitative estimate of drug-likeness (QED) is 0.821. The first-order valence-electron chi connectivity index (χ1n) is 9.79. The van der Waals surface area contributed by atoms with Crippen LogP contribution in [0, 0.1) is 0 Å². The molecule has 6 heteroatoms. The van der Waals surface area contributed by atoms with Gasteiger partial charge in [-0.05, 0) is 37.8 Å². The van der Waals surface area contributed by atoms with E-state index in [0.717, 1.165) is 43.2 Å². The fourth-order valence-electron chi connectivity index (χ4n) is 3.70. The zero-order valence-corrected chi connectivity index (χ0v) is 15.2. The fourth-order valence-corrected chi connectivity index (χ4v) is 3.70. The van der Waals surface area contributed by atoms with Crippen molar-refractivity contribution in [1.29, 1.82) is 0 Å². The molecular weight excluding hydrogens is 326 g/mol. The van der Waals surface area contributed by atoms with Gasteiger partial charge in [0.05, 0.1) is 17.5 Å². The van der Waals surface area contributed by atoms with Crippen LogP contribution < -0.4 is 10.6 Å². The summed E-state index contributed by atoms with van der Waals surface area (Å²) in [5.41, 5.74) is 1.70. The first kappa shape index (κ1) is 17.2. The molecule has 1 aliphatic heterocycles. The van der Waals surface area contributed by atoms with Crippen molar-refractivity contribution in [1.82, 2.24) is 15.0 Å². The van der Waals surface area contributed by atoms with Crippen LogP contribution in [0.15, 0.2) is 30.5 Å². The Labute approximate surface area is 154 Å². The van der Waals surface area contributed by atoms with E-state index in [9.17, 15) is 0 Å². The fraction of sp³-hybridized carbons (Fsp3) is 0.550. The topological polar surface area (TPSA) is 72.0 Å². The van der Waals surface area contributed by atoms with E-state index in [0.29, 0.717) is 12.0 Å². The summed E-state index contributed by atoms with van der Waals surface area (Å²) < 4.78 is 5.71. The Balaban J connectivity index is 1.54. The van der Waals surface area contributed by atoms with Gasteiger partial charge in [0.1, 0.15) is 5.82 Å². The molecule has 26 heavy (non-hydrogen) atoms. The number of anilines is 2. The minimum Gasteiger partial charge on any atom is -0.376 e.